The van der Waals surface area contributed by atoms with Gasteiger partial charge in [0.15, 0.2) is 4.96 Å². The summed E-state index contributed by atoms with van der Waals surface area (Å²) in [5, 5.41) is 5.11. The number of nitrogens with one attached hydrogen (secondary N) is 1. The molecule has 0 aliphatic rings. The van der Waals surface area contributed by atoms with Crippen molar-refractivity contribution in [3.63, 3.8) is 0 Å². The third kappa shape index (κ3) is 3.53. The van der Waals surface area contributed by atoms with E-state index in [9.17, 15) is 9.59 Å². The summed E-state index contributed by atoms with van der Waals surface area (Å²) in [6.07, 6.45) is 0.530. The summed E-state index contributed by atoms with van der Waals surface area (Å²) in [6.45, 7) is 2.19. The minimum Gasteiger partial charge on any atom is -0.352 e. The first-order chi connectivity index (χ1) is 11.5. The van der Waals surface area contributed by atoms with Crippen molar-refractivity contribution >= 4 is 49.7 Å². The molecule has 0 aliphatic carbocycles. The van der Waals surface area contributed by atoms with Crippen molar-refractivity contribution in [2.45, 2.75) is 13.3 Å². The Labute approximate surface area is 155 Å². The van der Waals surface area contributed by atoms with Crippen molar-refractivity contribution in [1.29, 1.82) is 0 Å². The molecule has 5 nitrogen and oxygen atoms in total. The number of aryl methyl sites for hydroxylation is 1. The summed E-state index contributed by atoms with van der Waals surface area (Å²) in [5.74, 6) is -0.248. The lowest BCUT2D eigenvalue weighted by atomic mass is 10.2. The largest absolute Gasteiger partial charge is 0.352 e. The van der Waals surface area contributed by atoms with Crippen molar-refractivity contribution in [3.8, 4) is 0 Å². The van der Waals surface area contributed by atoms with Gasteiger partial charge in [0, 0.05) is 40.3 Å². The number of nitrogens with zero attached hydrogens (tertiary/aromatic N) is 2. The van der Waals surface area contributed by atoms with E-state index in [-0.39, 0.29) is 11.5 Å². The number of rotatable bonds is 4. The molecule has 0 atom stereocenters. The number of benzene rings is 1. The molecular weight excluding hydrogens is 414 g/mol. The topological polar surface area (TPSA) is 63.5 Å². The van der Waals surface area contributed by atoms with Crippen LogP contribution in [0.5, 0.6) is 0 Å². The number of carbonyl (C=O) groups excluding carboxylic acids is 1. The summed E-state index contributed by atoms with van der Waals surface area (Å²) in [7, 11) is 0. The summed E-state index contributed by atoms with van der Waals surface area (Å²) in [5.41, 5.74) is 1.84. The van der Waals surface area contributed by atoms with Crippen LogP contribution in [0.4, 0.5) is 0 Å². The molecule has 1 aromatic carbocycles. The van der Waals surface area contributed by atoms with Gasteiger partial charge in [-0.05, 0) is 25.1 Å². The molecule has 3 rings (SSSR count). The summed E-state index contributed by atoms with van der Waals surface area (Å²) >= 11 is 10.8. The zero-order valence-corrected chi connectivity index (χ0v) is 15.8. The zero-order valence-electron chi connectivity index (χ0n) is 12.7. The lowest BCUT2D eigenvalue weighted by Gasteiger charge is -2.07. The van der Waals surface area contributed by atoms with Gasteiger partial charge in [-0.1, -0.05) is 27.5 Å². The molecule has 8 heteroatoms. The second-order valence-electron chi connectivity index (χ2n) is 5.21. The van der Waals surface area contributed by atoms with E-state index in [1.165, 1.54) is 17.4 Å². The fourth-order valence-corrected chi connectivity index (χ4v) is 3.87. The van der Waals surface area contributed by atoms with E-state index in [0.717, 1.165) is 10.2 Å². The third-order valence-electron chi connectivity index (χ3n) is 3.44. The van der Waals surface area contributed by atoms with Crippen molar-refractivity contribution in [3.05, 3.63) is 66.4 Å². The van der Waals surface area contributed by atoms with Gasteiger partial charge in [-0.25, -0.2) is 4.98 Å². The van der Waals surface area contributed by atoms with E-state index < -0.39 is 0 Å². The Bertz CT molecular complexity index is 983. The van der Waals surface area contributed by atoms with Crippen LogP contribution in [0.1, 0.15) is 21.7 Å². The van der Waals surface area contributed by atoms with E-state index >= 15 is 0 Å². The van der Waals surface area contributed by atoms with Crippen LogP contribution in [0.2, 0.25) is 5.02 Å². The molecule has 24 heavy (non-hydrogen) atoms. The van der Waals surface area contributed by atoms with Gasteiger partial charge in [-0.3, -0.25) is 14.0 Å². The van der Waals surface area contributed by atoms with Crippen LogP contribution >= 0.6 is 38.9 Å². The van der Waals surface area contributed by atoms with Gasteiger partial charge in [-0.15, -0.1) is 11.3 Å². The van der Waals surface area contributed by atoms with Gasteiger partial charge in [-0.2, -0.15) is 0 Å². The lowest BCUT2D eigenvalue weighted by Crippen LogP contribution is -2.27. The minimum atomic E-state index is -0.248. The molecule has 124 valence electrons. The highest BCUT2D eigenvalue weighted by atomic mass is 79.9. The van der Waals surface area contributed by atoms with Crippen molar-refractivity contribution in [2.75, 3.05) is 6.54 Å². The highest BCUT2D eigenvalue weighted by Crippen LogP contribution is 2.21. The van der Waals surface area contributed by atoms with Gasteiger partial charge in [0.25, 0.3) is 11.5 Å². The minimum absolute atomic E-state index is 0.102. The van der Waals surface area contributed by atoms with Crippen LogP contribution < -0.4 is 10.9 Å². The molecule has 0 aliphatic heterocycles. The average molecular weight is 427 g/mol. The number of amides is 1. The number of aromatic nitrogens is 2. The first kappa shape index (κ1) is 17.1. The van der Waals surface area contributed by atoms with Crippen LogP contribution in [0.3, 0.4) is 0 Å². The molecule has 1 amide bonds. The molecule has 0 radical (unpaired) electrons. The van der Waals surface area contributed by atoms with E-state index in [1.54, 1.807) is 29.5 Å². The van der Waals surface area contributed by atoms with Gasteiger partial charge in [0.2, 0.25) is 0 Å². The fraction of sp³-hybridized carbons (Fsp3) is 0.188. The Morgan fingerprint density at radius 3 is 3.00 bits per heavy atom. The van der Waals surface area contributed by atoms with Crippen molar-refractivity contribution in [1.82, 2.24) is 14.7 Å². The zero-order chi connectivity index (χ0) is 17.3. The summed E-state index contributed by atoms with van der Waals surface area (Å²) in [4.78, 5) is 29.3. The standard InChI is InChI=1S/C16H13BrClN3O2S/c1-9-6-14(22)21-11(8-24-16(21)20-9)4-5-19-15(23)12-7-10(17)2-3-13(12)18/h2-3,6-8H,4-5H2,1H3,(H,19,23). The molecule has 3 aromatic rings. The second kappa shape index (κ2) is 7.04. The Kier molecular flexibility index (Phi) is 5.03. The predicted octanol–water partition coefficient (Wildman–Crippen LogP) is 3.45. The van der Waals surface area contributed by atoms with E-state index in [2.05, 4.69) is 26.2 Å². The third-order valence-corrected chi connectivity index (χ3v) is 5.14. The Hall–Kier alpha value is -1.70. The van der Waals surface area contributed by atoms with E-state index in [1.807, 2.05) is 5.38 Å². The number of hydrogen-bond donors (Lipinski definition) is 1. The van der Waals surface area contributed by atoms with Crippen LogP contribution in [0.25, 0.3) is 4.96 Å². The molecule has 0 fully saturated rings. The smallest absolute Gasteiger partial charge is 0.258 e. The van der Waals surface area contributed by atoms with Gasteiger partial charge >= 0.3 is 0 Å². The average Bonchev–Trinajstić information content (AvgIpc) is 2.92. The lowest BCUT2D eigenvalue weighted by molar-refractivity contribution is 0.0954. The Balaban J connectivity index is 1.72. The molecule has 0 saturated heterocycles. The van der Waals surface area contributed by atoms with Crippen LogP contribution in [-0.2, 0) is 6.42 Å². The fourth-order valence-electron chi connectivity index (χ4n) is 2.33. The highest BCUT2D eigenvalue weighted by Gasteiger charge is 2.12. The van der Waals surface area contributed by atoms with Crippen LogP contribution in [-0.4, -0.2) is 21.8 Å². The summed E-state index contributed by atoms with van der Waals surface area (Å²) < 4.78 is 2.37. The van der Waals surface area contributed by atoms with Crippen LogP contribution in [0.15, 0.2) is 38.9 Å². The Morgan fingerprint density at radius 2 is 2.21 bits per heavy atom. The van der Waals surface area contributed by atoms with E-state index in [4.69, 9.17) is 11.6 Å². The summed E-state index contributed by atoms with van der Waals surface area (Å²) in [6, 6.07) is 6.62. The van der Waals surface area contributed by atoms with Gasteiger partial charge < -0.3 is 5.32 Å². The Morgan fingerprint density at radius 1 is 1.42 bits per heavy atom. The maximum absolute atomic E-state index is 12.2. The molecule has 2 aromatic heterocycles. The molecular formula is C16H13BrClN3O2S. The number of fused-ring (bicyclic) bond motifs is 1. The quantitative estimate of drug-likeness (QED) is 0.695. The van der Waals surface area contributed by atoms with Gasteiger partial charge in [0.05, 0.1) is 10.6 Å². The van der Waals surface area contributed by atoms with Crippen molar-refractivity contribution < 1.29 is 4.79 Å². The molecule has 0 spiro atoms. The van der Waals surface area contributed by atoms with E-state index in [0.29, 0.717) is 34.2 Å². The first-order valence-corrected chi connectivity index (χ1v) is 9.21. The maximum Gasteiger partial charge on any atom is 0.258 e. The molecule has 2 heterocycles. The first-order valence-electron chi connectivity index (χ1n) is 7.16. The normalized spacial score (nSPS) is 11.0. The highest BCUT2D eigenvalue weighted by molar-refractivity contribution is 9.10. The molecule has 0 saturated carbocycles. The number of halogens is 2. The number of thiazole rings is 1. The predicted molar refractivity (Wildman–Crippen MR) is 99.3 cm³/mol. The van der Waals surface area contributed by atoms with Crippen LogP contribution in [0, 0.1) is 6.92 Å². The maximum atomic E-state index is 12.2. The number of carbonyl (C=O) groups is 1. The van der Waals surface area contributed by atoms with Crippen molar-refractivity contribution in [2.24, 2.45) is 0 Å². The molecule has 0 bridgehead atoms. The SMILES string of the molecule is Cc1cc(=O)n2c(CCNC(=O)c3cc(Br)ccc3Cl)csc2n1. The second-order valence-corrected chi connectivity index (χ2v) is 7.37. The molecule has 1 N–H and O–H groups in total. The monoisotopic (exact) mass is 425 g/mol. The number of hydrogen-bond acceptors (Lipinski definition) is 4. The molecule has 0 unspecified atom stereocenters. The van der Waals surface area contributed by atoms with Gasteiger partial charge in [0.1, 0.15) is 0 Å².